The fourth-order valence-electron chi connectivity index (χ4n) is 4.70. The van der Waals surface area contributed by atoms with Crippen molar-refractivity contribution in [1.82, 2.24) is 14.5 Å². The summed E-state index contributed by atoms with van der Waals surface area (Å²) in [6.45, 7) is 3.96. The molecule has 0 spiro atoms. The topological polar surface area (TPSA) is 50.2 Å². The van der Waals surface area contributed by atoms with E-state index in [9.17, 15) is 4.79 Å². The molecule has 5 nitrogen and oxygen atoms in total. The van der Waals surface area contributed by atoms with Crippen LogP contribution in [0, 0.1) is 5.92 Å². The molecular weight excluding hydrogens is 348 g/mol. The van der Waals surface area contributed by atoms with Crippen LogP contribution in [0.3, 0.4) is 0 Å². The van der Waals surface area contributed by atoms with Crippen molar-refractivity contribution in [3.05, 3.63) is 70.6 Å². The van der Waals surface area contributed by atoms with E-state index in [4.69, 9.17) is 0 Å². The third kappa shape index (κ3) is 3.42. The Morgan fingerprint density at radius 2 is 1.75 bits per heavy atom. The third-order valence-electron chi connectivity index (χ3n) is 6.17. The quantitative estimate of drug-likeness (QED) is 0.762. The number of hydrogen-bond donors (Lipinski definition) is 1. The van der Waals surface area contributed by atoms with E-state index in [0.717, 1.165) is 42.3 Å². The molecule has 3 heterocycles. The molecule has 1 aromatic heterocycles. The van der Waals surface area contributed by atoms with Gasteiger partial charge in [0.15, 0.2) is 0 Å². The summed E-state index contributed by atoms with van der Waals surface area (Å²) in [6, 6.07) is 19.0. The Morgan fingerprint density at radius 3 is 2.57 bits per heavy atom. The van der Waals surface area contributed by atoms with Crippen molar-refractivity contribution in [2.75, 3.05) is 25.0 Å². The average molecular weight is 374 g/mol. The van der Waals surface area contributed by atoms with Crippen LogP contribution in [0.5, 0.6) is 0 Å². The normalized spacial score (nSPS) is 20.2. The van der Waals surface area contributed by atoms with Gasteiger partial charge in [0.25, 0.3) is 0 Å². The van der Waals surface area contributed by atoms with Gasteiger partial charge in [0.2, 0.25) is 0 Å². The molecule has 144 valence electrons. The van der Waals surface area contributed by atoms with Gasteiger partial charge in [-0.15, -0.1) is 0 Å². The van der Waals surface area contributed by atoms with Crippen molar-refractivity contribution in [2.45, 2.75) is 31.8 Å². The highest BCUT2D eigenvalue weighted by Gasteiger charge is 2.27. The Morgan fingerprint density at radius 1 is 1.00 bits per heavy atom. The maximum Gasteiger partial charge on any atom is 0.349 e. The number of piperidine rings is 1. The summed E-state index contributed by atoms with van der Waals surface area (Å²) in [4.78, 5) is 19.2. The monoisotopic (exact) mass is 374 g/mol. The van der Waals surface area contributed by atoms with Crippen LogP contribution in [-0.2, 0) is 13.0 Å². The van der Waals surface area contributed by atoms with Gasteiger partial charge in [-0.1, -0.05) is 42.5 Å². The Balaban J connectivity index is 1.21. The maximum absolute atomic E-state index is 12.4. The lowest BCUT2D eigenvalue weighted by molar-refractivity contribution is 0.177. The van der Waals surface area contributed by atoms with E-state index in [-0.39, 0.29) is 11.7 Å². The summed E-state index contributed by atoms with van der Waals surface area (Å²) < 4.78 is 1.80. The summed E-state index contributed by atoms with van der Waals surface area (Å²) in [7, 11) is 0. The van der Waals surface area contributed by atoms with E-state index < -0.39 is 0 Å². The van der Waals surface area contributed by atoms with Gasteiger partial charge in [-0.2, -0.15) is 4.98 Å². The number of aromatic nitrogens is 2. The molecule has 0 radical (unpaired) electrons. The number of para-hydroxylation sites is 1. The Labute approximate surface area is 165 Å². The molecule has 5 rings (SSSR count). The minimum atomic E-state index is -0.148. The molecule has 2 aliphatic heterocycles. The molecule has 2 aliphatic rings. The molecule has 0 bridgehead atoms. The van der Waals surface area contributed by atoms with Crippen molar-refractivity contribution in [2.24, 2.45) is 5.92 Å². The number of fused-ring (bicyclic) bond motifs is 3. The largest absolute Gasteiger partial charge is 0.365 e. The first-order chi connectivity index (χ1) is 13.8. The lowest BCUT2D eigenvalue weighted by Gasteiger charge is -2.33. The highest BCUT2D eigenvalue weighted by Crippen LogP contribution is 2.27. The molecule has 0 saturated carbocycles. The molecule has 0 aliphatic carbocycles. The highest BCUT2D eigenvalue weighted by atomic mass is 16.1. The van der Waals surface area contributed by atoms with Crippen LogP contribution >= 0.6 is 0 Å². The zero-order chi connectivity index (χ0) is 18.9. The fourth-order valence-corrected chi connectivity index (χ4v) is 4.70. The molecule has 1 N–H and O–H groups in total. The minimum Gasteiger partial charge on any atom is -0.365 e. The van der Waals surface area contributed by atoms with Crippen molar-refractivity contribution in [1.29, 1.82) is 0 Å². The van der Waals surface area contributed by atoms with Crippen LogP contribution in [0.25, 0.3) is 10.9 Å². The van der Waals surface area contributed by atoms with Crippen LogP contribution < -0.4 is 11.0 Å². The Kier molecular flexibility index (Phi) is 4.61. The summed E-state index contributed by atoms with van der Waals surface area (Å²) in [5.74, 6) is 1.71. The summed E-state index contributed by atoms with van der Waals surface area (Å²) in [5, 5.41) is 4.63. The van der Waals surface area contributed by atoms with Gasteiger partial charge >= 0.3 is 5.69 Å². The second-order valence-corrected chi connectivity index (χ2v) is 8.15. The van der Waals surface area contributed by atoms with Crippen LogP contribution in [0.15, 0.2) is 59.4 Å². The summed E-state index contributed by atoms with van der Waals surface area (Å²) in [6.07, 6.45) is 3.69. The summed E-state index contributed by atoms with van der Waals surface area (Å²) in [5.41, 5.74) is 2.08. The molecule has 5 heteroatoms. The van der Waals surface area contributed by atoms with Gasteiger partial charge < -0.3 is 10.2 Å². The second kappa shape index (κ2) is 7.40. The molecule has 2 aromatic carbocycles. The molecule has 1 saturated heterocycles. The summed E-state index contributed by atoms with van der Waals surface area (Å²) >= 11 is 0. The first kappa shape index (κ1) is 17.4. The van der Waals surface area contributed by atoms with Crippen LogP contribution in [-0.4, -0.2) is 40.1 Å². The predicted octanol–water partition coefficient (Wildman–Crippen LogP) is 3.15. The predicted molar refractivity (Wildman–Crippen MR) is 113 cm³/mol. The van der Waals surface area contributed by atoms with Gasteiger partial charge in [-0.05, 0) is 56.0 Å². The van der Waals surface area contributed by atoms with Crippen LogP contribution in [0.4, 0.5) is 5.82 Å². The molecule has 0 amide bonds. The van der Waals surface area contributed by atoms with Crippen molar-refractivity contribution < 1.29 is 0 Å². The Hall–Kier alpha value is -2.66. The van der Waals surface area contributed by atoms with Gasteiger partial charge in [0.1, 0.15) is 5.82 Å². The average Bonchev–Trinajstić information content (AvgIpc) is 3.15. The SMILES string of the molecule is O=c1nc2ccccc2c2n1CC(CN1CCC(Cc3ccccc3)CC1)N2. The molecule has 1 fully saturated rings. The molecule has 1 atom stereocenters. The van der Waals surface area contributed by atoms with Crippen molar-refractivity contribution >= 4 is 16.7 Å². The van der Waals surface area contributed by atoms with Gasteiger partial charge in [-0.25, -0.2) is 4.79 Å². The first-order valence-electron chi connectivity index (χ1n) is 10.3. The number of anilines is 1. The number of nitrogens with one attached hydrogen (secondary N) is 1. The minimum absolute atomic E-state index is 0.148. The second-order valence-electron chi connectivity index (χ2n) is 8.15. The lowest BCUT2D eigenvalue weighted by atomic mass is 9.90. The van der Waals surface area contributed by atoms with E-state index in [1.54, 1.807) is 4.57 Å². The molecule has 3 aromatic rings. The molecule has 28 heavy (non-hydrogen) atoms. The zero-order valence-corrected chi connectivity index (χ0v) is 16.1. The van der Waals surface area contributed by atoms with Crippen LogP contribution in [0.2, 0.25) is 0 Å². The molecular formula is C23H26N4O. The number of likely N-dealkylation sites (tertiary alicyclic amines) is 1. The smallest absolute Gasteiger partial charge is 0.349 e. The van der Waals surface area contributed by atoms with E-state index in [1.165, 1.54) is 24.8 Å². The first-order valence-corrected chi connectivity index (χ1v) is 10.3. The highest BCUT2D eigenvalue weighted by molar-refractivity contribution is 5.89. The van der Waals surface area contributed by atoms with Crippen LogP contribution in [0.1, 0.15) is 18.4 Å². The molecule has 1 unspecified atom stereocenters. The number of rotatable bonds is 4. The van der Waals surface area contributed by atoms with E-state index in [0.29, 0.717) is 6.54 Å². The van der Waals surface area contributed by atoms with E-state index in [2.05, 4.69) is 45.5 Å². The zero-order valence-electron chi connectivity index (χ0n) is 16.1. The maximum atomic E-state index is 12.4. The number of benzene rings is 2. The van der Waals surface area contributed by atoms with E-state index in [1.807, 2.05) is 24.3 Å². The van der Waals surface area contributed by atoms with Crippen molar-refractivity contribution in [3.8, 4) is 0 Å². The number of nitrogens with zero attached hydrogens (tertiary/aromatic N) is 3. The van der Waals surface area contributed by atoms with E-state index >= 15 is 0 Å². The fraction of sp³-hybridized carbons (Fsp3) is 0.391. The Bertz CT molecular complexity index is 1020. The van der Waals surface area contributed by atoms with Gasteiger partial charge in [0.05, 0.1) is 18.1 Å². The standard InChI is InChI=1S/C23H26N4O/c28-23-25-21-9-5-4-8-20(21)22-24-19(16-27(22)23)15-26-12-10-18(11-13-26)14-17-6-2-1-3-7-17/h1-9,18-19,24H,10-16H2. The van der Waals surface area contributed by atoms with Crippen molar-refractivity contribution in [3.63, 3.8) is 0 Å². The van der Waals surface area contributed by atoms with Gasteiger partial charge in [-0.3, -0.25) is 4.57 Å². The lowest BCUT2D eigenvalue weighted by Crippen LogP contribution is -2.41. The van der Waals surface area contributed by atoms with Gasteiger partial charge in [0, 0.05) is 11.9 Å². The number of hydrogen-bond acceptors (Lipinski definition) is 4. The third-order valence-corrected chi connectivity index (χ3v) is 6.17.